The van der Waals surface area contributed by atoms with Crippen LogP contribution in [0.4, 0.5) is 0 Å². The summed E-state index contributed by atoms with van der Waals surface area (Å²) in [7, 11) is -0.856. The van der Waals surface area contributed by atoms with E-state index in [4.69, 9.17) is 15.3 Å². The average Bonchev–Trinajstić information content (AvgIpc) is 2.08. The minimum Gasteiger partial charge on any atom is -0.380 e. The van der Waals surface area contributed by atoms with Crippen molar-refractivity contribution in [3.63, 3.8) is 0 Å². The van der Waals surface area contributed by atoms with Crippen LogP contribution in [-0.4, -0.2) is 41.0 Å². The second-order valence-electron chi connectivity index (χ2n) is 2.22. The first kappa shape index (κ1) is 6.53. The minimum absolute atomic E-state index is 0.179. The maximum atomic E-state index is 8.60. The number of hydrogen-bond donors (Lipinski definition) is 3. The zero-order valence-electron chi connectivity index (χ0n) is 4.85. The zero-order chi connectivity index (χ0) is 7.41. The lowest BCUT2D eigenvalue weighted by atomic mass is 10.1. The predicted molar refractivity (Wildman–Crippen MR) is 26.0 cm³/mol. The molecule has 10 heavy (non-hydrogen) atoms. The van der Waals surface area contributed by atoms with E-state index in [2.05, 4.69) is 14.0 Å². The van der Waals surface area contributed by atoms with Crippen molar-refractivity contribution in [1.82, 2.24) is 0 Å². The Bertz CT molecular complexity index is 151. The molecule has 7 heteroatoms. The van der Waals surface area contributed by atoms with Gasteiger partial charge in [0.2, 0.25) is 0 Å². The van der Waals surface area contributed by atoms with Crippen molar-refractivity contribution >= 4 is 7.32 Å². The summed E-state index contributed by atoms with van der Waals surface area (Å²) in [6.07, 6.45) is 0. The van der Waals surface area contributed by atoms with E-state index in [1.165, 1.54) is 0 Å². The highest BCUT2D eigenvalue weighted by molar-refractivity contribution is 6.40. The maximum Gasteiger partial charge on any atom is 0.644 e. The molecule has 3 aliphatic rings. The fourth-order valence-corrected chi connectivity index (χ4v) is 0.888. The first-order valence-electron chi connectivity index (χ1n) is 2.68. The number of aliphatic hydroxyl groups is 3. The molecule has 0 aromatic carbocycles. The molecule has 0 radical (unpaired) electrons. The molecule has 56 valence electrons. The fourth-order valence-electron chi connectivity index (χ4n) is 0.888. The molecule has 3 saturated heterocycles. The second-order valence-corrected chi connectivity index (χ2v) is 2.22. The van der Waals surface area contributed by atoms with Crippen LogP contribution in [-0.2, 0) is 14.0 Å². The van der Waals surface area contributed by atoms with Crippen molar-refractivity contribution in [2.45, 2.75) is 11.8 Å². The van der Waals surface area contributed by atoms with Gasteiger partial charge < -0.3 is 29.3 Å². The molecule has 2 bridgehead atoms. The summed E-state index contributed by atoms with van der Waals surface area (Å²) in [5.74, 6) is -4.77. The summed E-state index contributed by atoms with van der Waals surface area (Å²) in [6.45, 7) is -0.179. The van der Waals surface area contributed by atoms with Gasteiger partial charge in [0.1, 0.15) is 0 Å². The van der Waals surface area contributed by atoms with Gasteiger partial charge >= 0.3 is 13.3 Å². The van der Waals surface area contributed by atoms with Gasteiger partial charge in [0.15, 0.2) is 0 Å². The number of rotatable bonds is 1. The summed E-state index contributed by atoms with van der Waals surface area (Å²) in [5.41, 5.74) is 0. The topological polar surface area (TPSA) is 88.4 Å². The summed E-state index contributed by atoms with van der Waals surface area (Å²) in [6, 6.07) is 0. The minimum atomic E-state index is -2.99. The largest absolute Gasteiger partial charge is 0.644 e. The van der Waals surface area contributed by atoms with Crippen LogP contribution in [0.5, 0.6) is 0 Å². The Morgan fingerprint density at radius 1 is 1.30 bits per heavy atom. The Morgan fingerprint density at radius 3 is 2.10 bits per heavy atom. The SMILES string of the molecule is OC(O)(O)C12COB(O1)O2. The summed E-state index contributed by atoms with van der Waals surface area (Å²) < 4.78 is 13.8. The van der Waals surface area contributed by atoms with Gasteiger partial charge in [-0.2, -0.15) is 0 Å². The Balaban J connectivity index is 2.18. The lowest BCUT2D eigenvalue weighted by Crippen LogP contribution is -2.65. The molecule has 3 rings (SSSR count). The molecule has 6 nitrogen and oxygen atoms in total. The quantitative estimate of drug-likeness (QED) is 0.278. The van der Waals surface area contributed by atoms with Crippen molar-refractivity contribution in [3.05, 3.63) is 0 Å². The van der Waals surface area contributed by atoms with Crippen molar-refractivity contribution < 1.29 is 29.3 Å². The van der Waals surface area contributed by atoms with E-state index in [0.29, 0.717) is 0 Å². The van der Waals surface area contributed by atoms with Crippen molar-refractivity contribution in [2.75, 3.05) is 6.61 Å². The third-order valence-electron chi connectivity index (χ3n) is 1.49. The molecule has 0 unspecified atom stereocenters. The molecule has 0 spiro atoms. The van der Waals surface area contributed by atoms with Crippen LogP contribution < -0.4 is 0 Å². The molecule has 3 aliphatic heterocycles. The van der Waals surface area contributed by atoms with E-state index >= 15 is 0 Å². The van der Waals surface area contributed by atoms with E-state index in [9.17, 15) is 0 Å². The highest BCUT2D eigenvalue weighted by atomic mass is 17.0. The molecule has 3 heterocycles. The van der Waals surface area contributed by atoms with E-state index in [-0.39, 0.29) is 6.61 Å². The van der Waals surface area contributed by atoms with Crippen LogP contribution >= 0.6 is 0 Å². The van der Waals surface area contributed by atoms with Gasteiger partial charge in [-0.3, -0.25) is 0 Å². The first-order chi connectivity index (χ1) is 4.54. The van der Waals surface area contributed by atoms with E-state index in [0.717, 1.165) is 0 Å². The van der Waals surface area contributed by atoms with E-state index in [1.807, 2.05) is 0 Å². The Hall–Kier alpha value is -0.175. The summed E-state index contributed by atoms with van der Waals surface area (Å²) >= 11 is 0. The van der Waals surface area contributed by atoms with Gasteiger partial charge in [-0.25, -0.2) is 0 Å². The summed E-state index contributed by atoms with van der Waals surface area (Å²) in [4.78, 5) is 0. The molecule has 3 fully saturated rings. The third kappa shape index (κ3) is 0.591. The lowest BCUT2D eigenvalue weighted by Gasteiger charge is -2.39. The number of hydrogen-bond acceptors (Lipinski definition) is 6. The van der Waals surface area contributed by atoms with Gasteiger partial charge in [-0.05, 0) is 0 Å². The van der Waals surface area contributed by atoms with Crippen LogP contribution in [0.1, 0.15) is 0 Å². The highest BCUT2D eigenvalue weighted by Crippen LogP contribution is 2.40. The Kier molecular flexibility index (Phi) is 0.996. The second kappa shape index (κ2) is 1.52. The smallest absolute Gasteiger partial charge is 0.380 e. The molecular formula is C3H5BO6. The molecule has 0 saturated carbocycles. The average molecular weight is 148 g/mol. The molecule has 0 atom stereocenters. The molecular weight excluding hydrogens is 143 g/mol. The van der Waals surface area contributed by atoms with Crippen molar-refractivity contribution in [1.29, 1.82) is 0 Å². The van der Waals surface area contributed by atoms with Crippen LogP contribution in [0.3, 0.4) is 0 Å². The van der Waals surface area contributed by atoms with Crippen LogP contribution in [0.15, 0.2) is 0 Å². The van der Waals surface area contributed by atoms with Gasteiger partial charge in [0, 0.05) is 0 Å². The van der Waals surface area contributed by atoms with Gasteiger partial charge in [0.05, 0.1) is 6.61 Å². The summed E-state index contributed by atoms with van der Waals surface area (Å²) in [5, 5.41) is 25.8. The highest BCUT2D eigenvalue weighted by Gasteiger charge is 2.70. The van der Waals surface area contributed by atoms with Crippen LogP contribution in [0, 0.1) is 0 Å². The van der Waals surface area contributed by atoms with Crippen LogP contribution in [0.2, 0.25) is 0 Å². The van der Waals surface area contributed by atoms with Gasteiger partial charge in [0.25, 0.3) is 5.79 Å². The monoisotopic (exact) mass is 148 g/mol. The molecule has 3 N–H and O–H groups in total. The lowest BCUT2D eigenvalue weighted by molar-refractivity contribution is -0.448. The molecule has 0 amide bonds. The Labute approximate surface area is 56.1 Å². The first-order valence-corrected chi connectivity index (χ1v) is 2.68. The Morgan fingerprint density at radius 2 is 1.90 bits per heavy atom. The standard InChI is InChI=1S/C3H5BO6/c5-3(6,7)2-1-8-4(9-2)10-2/h5-7H,1H2. The third-order valence-corrected chi connectivity index (χ3v) is 1.49. The predicted octanol–water partition coefficient (Wildman–Crippen LogP) is -2.62. The fraction of sp³-hybridized carbons (Fsp3) is 1.00. The van der Waals surface area contributed by atoms with Crippen molar-refractivity contribution in [3.8, 4) is 0 Å². The maximum absolute atomic E-state index is 8.60. The zero-order valence-corrected chi connectivity index (χ0v) is 4.85. The van der Waals surface area contributed by atoms with Crippen molar-refractivity contribution in [2.24, 2.45) is 0 Å². The van der Waals surface area contributed by atoms with Gasteiger partial charge in [-0.1, -0.05) is 0 Å². The van der Waals surface area contributed by atoms with E-state index < -0.39 is 19.1 Å². The molecule has 0 aromatic rings. The molecule has 0 aromatic heterocycles. The number of fused-ring (bicyclic) bond motifs is 1. The van der Waals surface area contributed by atoms with Crippen LogP contribution in [0.25, 0.3) is 0 Å². The van der Waals surface area contributed by atoms with E-state index in [1.54, 1.807) is 0 Å². The van der Waals surface area contributed by atoms with Gasteiger partial charge in [-0.15, -0.1) is 0 Å². The normalized spacial score (nSPS) is 28.5. The molecule has 0 aliphatic carbocycles.